The molecule has 0 aromatic heterocycles. The number of Topliss-reactive ketones (excluding diaryl/α,β-unsaturated/α-hetero) is 1. The summed E-state index contributed by atoms with van der Waals surface area (Å²) in [7, 11) is 3.50. The van der Waals surface area contributed by atoms with Crippen LogP contribution in [-0.4, -0.2) is 49.9 Å². The number of methoxy groups -OCH3 is 1. The van der Waals surface area contributed by atoms with E-state index >= 15 is 0 Å². The fraction of sp³-hybridized carbons (Fsp3) is 0.333. The highest BCUT2D eigenvalue weighted by Gasteiger charge is 2.18. The summed E-state index contributed by atoms with van der Waals surface area (Å²) in [6.45, 7) is 4.42. The number of rotatable bonds is 9. The van der Waals surface area contributed by atoms with Gasteiger partial charge in [-0.25, -0.2) is 0 Å². The van der Waals surface area contributed by atoms with Crippen molar-refractivity contribution in [3.8, 4) is 11.5 Å². The van der Waals surface area contributed by atoms with Gasteiger partial charge in [-0.1, -0.05) is 0 Å². The van der Waals surface area contributed by atoms with Crippen molar-refractivity contribution in [1.29, 1.82) is 0 Å². The minimum atomic E-state index is -0.322. The van der Waals surface area contributed by atoms with E-state index in [2.05, 4.69) is 5.32 Å². The van der Waals surface area contributed by atoms with Crippen molar-refractivity contribution in [1.82, 2.24) is 4.90 Å². The molecule has 0 aliphatic rings. The second-order valence-electron chi connectivity index (χ2n) is 6.30. The van der Waals surface area contributed by atoms with Gasteiger partial charge in [-0.15, -0.1) is 0 Å². The molecular weight excluding hydrogens is 344 g/mol. The second-order valence-corrected chi connectivity index (χ2v) is 6.30. The number of ether oxygens (including phenoxy) is 2. The predicted molar refractivity (Wildman–Crippen MR) is 106 cm³/mol. The van der Waals surface area contributed by atoms with Crippen LogP contribution >= 0.6 is 0 Å². The lowest BCUT2D eigenvalue weighted by molar-refractivity contribution is -0.120. The molecule has 0 aliphatic heterocycles. The van der Waals surface area contributed by atoms with Crippen molar-refractivity contribution in [2.45, 2.75) is 19.9 Å². The lowest BCUT2D eigenvalue weighted by Gasteiger charge is -2.24. The highest BCUT2D eigenvalue weighted by atomic mass is 16.5. The van der Waals surface area contributed by atoms with Crippen molar-refractivity contribution in [3.63, 3.8) is 0 Å². The van der Waals surface area contributed by atoms with E-state index in [0.717, 1.165) is 11.5 Å². The summed E-state index contributed by atoms with van der Waals surface area (Å²) in [5, 5.41) is 2.86. The Morgan fingerprint density at radius 1 is 1.04 bits per heavy atom. The summed E-state index contributed by atoms with van der Waals surface area (Å²) in [6.07, 6.45) is 0. The van der Waals surface area contributed by atoms with Crippen LogP contribution in [0, 0.1) is 0 Å². The van der Waals surface area contributed by atoms with Crippen molar-refractivity contribution in [2.24, 2.45) is 0 Å². The Morgan fingerprint density at radius 3 is 2.19 bits per heavy atom. The monoisotopic (exact) mass is 370 g/mol. The number of hydrogen-bond acceptors (Lipinski definition) is 5. The molecule has 1 unspecified atom stereocenters. The van der Waals surface area contributed by atoms with Crippen LogP contribution in [0.5, 0.6) is 11.5 Å². The number of likely N-dealkylation sites (N-methyl/N-ethyl adjacent to an activating group) is 1. The van der Waals surface area contributed by atoms with Gasteiger partial charge in [0.15, 0.2) is 5.78 Å². The van der Waals surface area contributed by atoms with Crippen LogP contribution in [-0.2, 0) is 4.79 Å². The SMILES string of the molecule is COc1ccc(OCCN(C)C(C)C(=O)Nc2ccc(C(C)=O)cc2)cc1. The first kappa shape index (κ1) is 20.5. The topological polar surface area (TPSA) is 67.9 Å². The number of amides is 1. The Morgan fingerprint density at radius 2 is 1.63 bits per heavy atom. The van der Waals surface area contributed by atoms with E-state index in [-0.39, 0.29) is 17.7 Å². The predicted octanol–water partition coefficient (Wildman–Crippen LogP) is 3.24. The third-order valence-electron chi connectivity index (χ3n) is 4.37. The Kier molecular flexibility index (Phi) is 7.37. The minimum absolute atomic E-state index is 0.00200. The lowest BCUT2D eigenvalue weighted by Crippen LogP contribution is -2.41. The fourth-order valence-corrected chi connectivity index (χ4v) is 2.41. The molecule has 0 saturated carbocycles. The molecule has 144 valence electrons. The van der Waals surface area contributed by atoms with E-state index in [1.54, 1.807) is 31.4 Å². The molecule has 0 aliphatic carbocycles. The maximum absolute atomic E-state index is 12.4. The Hall–Kier alpha value is -2.86. The normalized spacial score (nSPS) is 11.7. The molecule has 1 atom stereocenters. The second kappa shape index (κ2) is 9.73. The summed E-state index contributed by atoms with van der Waals surface area (Å²) < 4.78 is 10.8. The number of carbonyl (C=O) groups excluding carboxylic acids is 2. The van der Waals surface area contributed by atoms with E-state index in [1.165, 1.54) is 6.92 Å². The Bertz CT molecular complexity index is 757. The van der Waals surface area contributed by atoms with Gasteiger partial charge >= 0.3 is 0 Å². The van der Waals surface area contributed by atoms with Gasteiger partial charge in [0.05, 0.1) is 13.2 Å². The van der Waals surface area contributed by atoms with Gasteiger partial charge in [-0.3, -0.25) is 14.5 Å². The van der Waals surface area contributed by atoms with Gasteiger partial charge in [0, 0.05) is 17.8 Å². The molecule has 27 heavy (non-hydrogen) atoms. The summed E-state index contributed by atoms with van der Waals surface area (Å²) in [5.74, 6) is 1.42. The quantitative estimate of drug-likeness (QED) is 0.687. The highest BCUT2D eigenvalue weighted by molar-refractivity contribution is 5.96. The maximum Gasteiger partial charge on any atom is 0.241 e. The molecule has 1 N–H and O–H groups in total. The molecule has 2 rings (SSSR count). The molecule has 0 radical (unpaired) electrons. The fourth-order valence-electron chi connectivity index (χ4n) is 2.41. The third-order valence-corrected chi connectivity index (χ3v) is 4.37. The maximum atomic E-state index is 12.4. The van der Waals surface area contributed by atoms with Gasteiger partial charge in [-0.05, 0) is 69.4 Å². The van der Waals surface area contributed by atoms with Gasteiger partial charge < -0.3 is 14.8 Å². The van der Waals surface area contributed by atoms with E-state index < -0.39 is 0 Å². The molecule has 2 aromatic carbocycles. The largest absolute Gasteiger partial charge is 0.497 e. The van der Waals surface area contributed by atoms with Gasteiger partial charge in [0.1, 0.15) is 18.1 Å². The Balaban J connectivity index is 1.79. The molecule has 0 saturated heterocycles. The summed E-state index contributed by atoms with van der Waals surface area (Å²) in [6, 6.07) is 13.9. The first-order valence-corrected chi connectivity index (χ1v) is 8.79. The molecule has 1 amide bonds. The van der Waals surface area contributed by atoms with Crippen LogP contribution in [0.15, 0.2) is 48.5 Å². The first-order chi connectivity index (χ1) is 12.9. The Labute approximate surface area is 160 Å². The number of nitrogens with zero attached hydrogens (tertiary/aromatic N) is 1. The van der Waals surface area contributed by atoms with Crippen LogP contribution < -0.4 is 14.8 Å². The van der Waals surface area contributed by atoms with Crippen LogP contribution in [0.4, 0.5) is 5.69 Å². The number of ketones is 1. The molecular formula is C21H26N2O4. The van der Waals surface area contributed by atoms with E-state index in [1.807, 2.05) is 43.1 Å². The molecule has 2 aromatic rings. The van der Waals surface area contributed by atoms with E-state index in [0.29, 0.717) is 24.4 Å². The van der Waals surface area contributed by atoms with E-state index in [4.69, 9.17) is 9.47 Å². The molecule has 0 heterocycles. The van der Waals surface area contributed by atoms with Crippen LogP contribution in [0.25, 0.3) is 0 Å². The zero-order valence-corrected chi connectivity index (χ0v) is 16.2. The standard InChI is InChI=1S/C21H26N2O4/c1-15(21(25)22-18-7-5-17(6-8-18)16(2)24)23(3)13-14-27-20-11-9-19(26-4)10-12-20/h5-12,15H,13-14H2,1-4H3,(H,22,25). The van der Waals surface area contributed by atoms with Crippen molar-refractivity contribution in [3.05, 3.63) is 54.1 Å². The van der Waals surface area contributed by atoms with Crippen molar-refractivity contribution in [2.75, 3.05) is 32.6 Å². The summed E-state index contributed by atoms with van der Waals surface area (Å²) in [4.78, 5) is 25.6. The zero-order valence-electron chi connectivity index (χ0n) is 16.2. The lowest BCUT2D eigenvalue weighted by atomic mass is 10.1. The van der Waals surface area contributed by atoms with Crippen LogP contribution in [0.3, 0.4) is 0 Å². The average molecular weight is 370 g/mol. The van der Waals surface area contributed by atoms with Gasteiger partial charge in [0.25, 0.3) is 0 Å². The summed E-state index contributed by atoms with van der Waals surface area (Å²) >= 11 is 0. The van der Waals surface area contributed by atoms with Crippen molar-refractivity contribution >= 4 is 17.4 Å². The van der Waals surface area contributed by atoms with Crippen LogP contribution in [0.2, 0.25) is 0 Å². The summed E-state index contributed by atoms with van der Waals surface area (Å²) in [5.41, 5.74) is 1.29. The number of anilines is 1. The number of nitrogens with one attached hydrogen (secondary N) is 1. The smallest absolute Gasteiger partial charge is 0.241 e. The average Bonchev–Trinajstić information content (AvgIpc) is 2.68. The molecule has 0 spiro atoms. The van der Waals surface area contributed by atoms with Crippen molar-refractivity contribution < 1.29 is 19.1 Å². The minimum Gasteiger partial charge on any atom is -0.497 e. The molecule has 0 fully saturated rings. The number of benzene rings is 2. The molecule has 0 bridgehead atoms. The van der Waals surface area contributed by atoms with Gasteiger partial charge in [-0.2, -0.15) is 0 Å². The first-order valence-electron chi connectivity index (χ1n) is 8.79. The van der Waals surface area contributed by atoms with Gasteiger partial charge in [0.2, 0.25) is 5.91 Å². The number of carbonyl (C=O) groups is 2. The third kappa shape index (κ3) is 6.11. The number of hydrogen-bond donors (Lipinski definition) is 1. The van der Waals surface area contributed by atoms with Crippen LogP contribution in [0.1, 0.15) is 24.2 Å². The zero-order chi connectivity index (χ0) is 19.8. The van der Waals surface area contributed by atoms with E-state index in [9.17, 15) is 9.59 Å². The highest BCUT2D eigenvalue weighted by Crippen LogP contribution is 2.17. The molecule has 6 heteroatoms. The molecule has 6 nitrogen and oxygen atoms in total.